The second kappa shape index (κ2) is 7.26. The molecule has 0 radical (unpaired) electrons. The first-order chi connectivity index (χ1) is 11.0. The summed E-state index contributed by atoms with van der Waals surface area (Å²) in [4.78, 5) is 34.7. The van der Waals surface area contributed by atoms with E-state index in [1.54, 1.807) is 0 Å². The highest BCUT2D eigenvalue weighted by molar-refractivity contribution is 5.92. The smallest absolute Gasteiger partial charge is 0.326 e. The van der Waals surface area contributed by atoms with Crippen molar-refractivity contribution >= 4 is 17.8 Å². The van der Waals surface area contributed by atoms with Gasteiger partial charge in [-0.15, -0.1) is 0 Å². The van der Waals surface area contributed by atoms with Crippen LogP contribution in [0.5, 0.6) is 0 Å². The van der Waals surface area contributed by atoms with Crippen LogP contribution in [0, 0.1) is 0 Å². The largest absolute Gasteiger partial charge is 0.481 e. The third-order valence-electron chi connectivity index (χ3n) is 4.47. The van der Waals surface area contributed by atoms with Crippen molar-refractivity contribution in [1.29, 1.82) is 0 Å². The third-order valence-corrected chi connectivity index (χ3v) is 4.47. The van der Waals surface area contributed by atoms with E-state index in [4.69, 9.17) is 5.11 Å². The molecule has 6 heteroatoms. The van der Waals surface area contributed by atoms with E-state index in [-0.39, 0.29) is 18.7 Å². The van der Waals surface area contributed by atoms with Gasteiger partial charge in [-0.1, -0.05) is 43.2 Å². The number of nitrogens with one attached hydrogen (secondary N) is 1. The molecule has 1 aromatic carbocycles. The summed E-state index contributed by atoms with van der Waals surface area (Å²) in [5, 5.41) is 20.5. The Bertz CT molecular complexity index is 578. The van der Waals surface area contributed by atoms with Gasteiger partial charge in [-0.3, -0.25) is 9.59 Å². The van der Waals surface area contributed by atoms with E-state index in [1.165, 1.54) is 0 Å². The van der Waals surface area contributed by atoms with Crippen molar-refractivity contribution in [1.82, 2.24) is 5.32 Å². The molecule has 1 amide bonds. The van der Waals surface area contributed by atoms with Gasteiger partial charge in [0, 0.05) is 6.42 Å². The highest BCUT2D eigenvalue weighted by atomic mass is 16.4. The van der Waals surface area contributed by atoms with E-state index < -0.39 is 23.4 Å². The van der Waals surface area contributed by atoms with Gasteiger partial charge in [-0.25, -0.2) is 4.79 Å². The highest BCUT2D eigenvalue weighted by Gasteiger charge is 2.43. The number of carbonyl (C=O) groups is 3. The molecule has 1 aliphatic rings. The summed E-state index contributed by atoms with van der Waals surface area (Å²) in [7, 11) is 0. The molecule has 3 N–H and O–H groups in total. The molecule has 124 valence electrons. The van der Waals surface area contributed by atoms with Crippen LogP contribution in [0.4, 0.5) is 0 Å². The second-order valence-corrected chi connectivity index (χ2v) is 5.95. The summed E-state index contributed by atoms with van der Waals surface area (Å²) >= 11 is 0. The number of carboxylic acids is 2. The van der Waals surface area contributed by atoms with Gasteiger partial charge in [0.2, 0.25) is 5.91 Å². The topological polar surface area (TPSA) is 104 Å². The monoisotopic (exact) mass is 319 g/mol. The number of aliphatic carboxylic acids is 2. The molecule has 1 saturated carbocycles. The average Bonchev–Trinajstić information content (AvgIpc) is 3.02. The second-order valence-electron chi connectivity index (χ2n) is 5.95. The Labute approximate surface area is 134 Å². The van der Waals surface area contributed by atoms with Crippen LogP contribution in [0.1, 0.15) is 44.1 Å². The summed E-state index contributed by atoms with van der Waals surface area (Å²) in [6, 6.07) is 8.19. The lowest BCUT2D eigenvalue weighted by molar-refractivity contribution is -0.144. The van der Waals surface area contributed by atoms with Crippen LogP contribution in [-0.4, -0.2) is 34.1 Å². The minimum atomic E-state index is -1.21. The summed E-state index contributed by atoms with van der Waals surface area (Å²) in [5.74, 6) is -2.61. The SMILES string of the molecule is O=C(O)CCC(NC(=O)C1(c2ccccc2)CCCC1)C(=O)O. The van der Waals surface area contributed by atoms with Gasteiger partial charge < -0.3 is 15.5 Å². The third kappa shape index (κ3) is 3.88. The van der Waals surface area contributed by atoms with Gasteiger partial charge >= 0.3 is 11.9 Å². The van der Waals surface area contributed by atoms with Crippen LogP contribution in [-0.2, 0) is 19.8 Å². The highest BCUT2D eigenvalue weighted by Crippen LogP contribution is 2.41. The van der Waals surface area contributed by atoms with E-state index in [1.807, 2.05) is 30.3 Å². The molecule has 0 bridgehead atoms. The van der Waals surface area contributed by atoms with Crippen molar-refractivity contribution in [3.8, 4) is 0 Å². The summed E-state index contributed by atoms with van der Waals surface area (Å²) in [5.41, 5.74) is 0.176. The normalized spacial score (nSPS) is 17.4. The number of carboxylic acid groups (broad SMARTS) is 2. The number of hydrogen-bond donors (Lipinski definition) is 3. The number of amides is 1. The summed E-state index contributed by atoms with van der Waals surface area (Å²) < 4.78 is 0. The van der Waals surface area contributed by atoms with Crippen LogP contribution in [0.15, 0.2) is 30.3 Å². The first kappa shape index (κ1) is 17.0. The fourth-order valence-electron chi connectivity index (χ4n) is 3.20. The zero-order valence-electron chi connectivity index (χ0n) is 12.8. The van der Waals surface area contributed by atoms with Crippen LogP contribution >= 0.6 is 0 Å². The van der Waals surface area contributed by atoms with Crippen LogP contribution in [0.2, 0.25) is 0 Å². The molecule has 0 aromatic heterocycles. The number of benzene rings is 1. The first-order valence-electron chi connectivity index (χ1n) is 7.77. The van der Waals surface area contributed by atoms with E-state index in [9.17, 15) is 19.5 Å². The molecule has 0 aliphatic heterocycles. The first-order valence-corrected chi connectivity index (χ1v) is 7.77. The molecular formula is C17H21NO5. The van der Waals surface area contributed by atoms with Crippen LogP contribution in [0.3, 0.4) is 0 Å². The Morgan fingerprint density at radius 1 is 1.09 bits per heavy atom. The predicted octanol–water partition coefficient (Wildman–Crippen LogP) is 1.93. The molecule has 1 atom stereocenters. The van der Waals surface area contributed by atoms with Crippen LogP contribution in [0.25, 0.3) is 0 Å². The van der Waals surface area contributed by atoms with Gasteiger partial charge in [0.15, 0.2) is 0 Å². The number of carbonyl (C=O) groups excluding carboxylic acids is 1. The lowest BCUT2D eigenvalue weighted by Crippen LogP contribution is -2.49. The maximum Gasteiger partial charge on any atom is 0.326 e. The van der Waals surface area contributed by atoms with E-state index in [0.717, 1.165) is 18.4 Å². The van der Waals surface area contributed by atoms with Crippen molar-refractivity contribution in [3.05, 3.63) is 35.9 Å². The van der Waals surface area contributed by atoms with Crippen molar-refractivity contribution in [3.63, 3.8) is 0 Å². The Hall–Kier alpha value is -2.37. The minimum Gasteiger partial charge on any atom is -0.481 e. The molecule has 0 saturated heterocycles. The Kier molecular flexibility index (Phi) is 5.36. The van der Waals surface area contributed by atoms with Crippen molar-refractivity contribution in [2.75, 3.05) is 0 Å². The molecule has 23 heavy (non-hydrogen) atoms. The van der Waals surface area contributed by atoms with E-state index in [2.05, 4.69) is 5.32 Å². The van der Waals surface area contributed by atoms with Gasteiger partial charge in [0.05, 0.1) is 5.41 Å². The van der Waals surface area contributed by atoms with Gasteiger partial charge in [-0.2, -0.15) is 0 Å². The Morgan fingerprint density at radius 2 is 1.70 bits per heavy atom. The van der Waals surface area contributed by atoms with Crippen molar-refractivity contribution < 1.29 is 24.6 Å². The molecule has 0 heterocycles. The maximum absolute atomic E-state index is 12.8. The summed E-state index contributed by atoms with van der Waals surface area (Å²) in [6.07, 6.45) is 2.75. The van der Waals surface area contributed by atoms with E-state index >= 15 is 0 Å². The lowest BCUT2D eigenvalue weighted by atomic mass is 9.77. The van der Waals surface area contributed by atoms with Gasteiger partial charge in [-0.05, 0) is 24.8 Å². The molecule has 6 nitrogen and oxygen atoms in total. The Balaban J connectivity index is 2.18. The van der Waals surface area contributed by atoms with Crippen molar-refractivity contribution in [2.45, 2.75) is 50.0 Å². The summed E-state index contributed by atoms with van der Waals surface area (Å²) in [6.45, 7) is 0. The number of hydrogen-bond acceptors (Lipinski definition) is 3. The lowest BCUT2D eigenvalue weighted by Gasteiger charge is -2.30. The molecule has 1 unspecified atom stereocenters. The molecule has 0 spiro atoms. The van der Waals surface area contributed by atoms with E-state index in [0.29, 0.717) is 12.8 Å². The molecule has 2 rings (SSSR count). The van der Waals surface area contributed by atoms with Crippen molar-refractivity contribution in [2.24, 2.45) is 0 Å². The Morgan fingerprint density at radius 3 is 2.22 bits per heavy atom. The fourth-order valence-corrected chi connectivity index (χ4v) is 3.20. The average molecular weight is 319 g/mol. The molecule has 1 fully saturated rings. The maximum atomic E-state index is 12.8. The molecule has 1 aliphatic carbocycles. The number of rotatable bonds is 7. The zero-order chi connectivity index (χ0) is 16.9. The fraction of sp³-hybridized carbons (Fsp3) is 0.471. The predicted molar refractivity (Wildman–Crippen MR) is 83.0 cm³/mol. The zero-order valence-corrected chi connectivity index (χ0v) is 12.8. The molecule has 1 aromatic rings. The van der Waals surface area contributed by atoms with Gasteiger partial charge in [0.1, 0.15) is 6.04 Å². The van der Waals surface area contributed by atoms with Gasteiger partial charge in [0.25, 0.3) is 0 Å². The molecular weight excluding hydrogens is 298 g/mol. The van der Waals surface area contributed by atoms with Crippen LogP contribution < -0.4 is 5.32 Å². The standard InChI is InChI=1S/C17H21NO5/c19-14(20)9-8-13(15(21)22)18-16(23)17(10-4-5-11-17)12-6-2-1-3-7-12/h1-3,6-7,13H,4-5,8-11H2,(H,18,23)(H,19,20)(H,21,22). The minimum absolute atomic E-state index is 0.124. The quantitative estimate of drug-likeness (QED) is 0.712.